The van der Waals surface area contributed by atoms with Gasteiger partial charge in [-0.2, -0.15) is 0 Å². The summed E-state index contributed by atoms with van der Waals surface area (Å²) in [6.07, 6.45) is 0. The second-order valence-electron chi connectivity index (χ2n) is 14.0. The van der Waals surface area contributed by atoms with Crippen molar-refractivity contribution in [3.05, 3.63) is 86.2 Å². The summed E-state index contributed by atoms with van der Waals surface area (Å²) in [6.45, 7) is 31.1. The van der Waals surface area contributed by atoms with Crippen molar-refractivity contribution in [3.63, 3.8) is 0 Å². The Morgan fingerprint density at radius 1 is 0.500 bits per heavy atom. The van der Waals surface area contributed by atoms with Crippen molar-refractivity contribution in [1.82, 2.24) is 4.98 Å². The van der Waals surface area contributed by atoms with Gasteiger partial charge >= 0.3 is 16.8 Å². The van der Waals surface area contributed by atoms with E-state index in [4.69, 9.17) is 26.6 Å². The standard InChI is InChI=1S/C39H54ClN3.2ClH.Co/c1-21(2)29-15-32(23(5)6)38(33(16-29)24(7)8)41-27(13)36-19-31(40)20-37(43-36)28(14)42-39-34(25(9)10)17-30(22(3)4)18-35(39)26(11)12;;;/h15-26H,1-14H3;2*1H;/q;;;+2/p-2. The Morgan fingerprint density at radius 3 is 0.978 bits per heavy atom. The van der Waals surface area contributed by atoms with Crippen LogP contribution in [0.15, 0.2) is 46.4 Å². The summed E-state index contributed by atoms with van der Waals surface area (Å²) in [5.74, 6) is 2.34. The van der Waals surface area contributed by atoms with Gasteiger partial charge in [0.1, 0.15) is 0 Å². The maximum atomic E-state index is 6.73. The molecule has 0 aliphatic rings. The molecule has 3 nitrogen and oxygen atoms in total. The van der Waals surface area contributed by atoms with Gasteiger partial charge in [-0.25, -0.2) is 4.98 Å². The number of aliphatic imine (C=N–C) groups is 2. The third-order valence-electron chi connectivity index (χ3n) is 8.29. The largest absolute Gasteiger partial charge is 2.00 e. The first-order chi connectivity index (χ1) is 20.0. The van der Waals surface area contributed by atoms with Gasteiger partial charge in [0, 0.05) is 5.02 Å². The van der Waals surface area contributed by atoms with Crippen LogP contribution in [0.4, 0.5) is 11.4 Å². The van der Waals surface area contributed by atoms with Crippen molar-refractivity contribution in [3.8, 4) is 0 Å². The van der Waals surface area contributed by atoms with E-state index in [0.717, 1.165) is 34.2 Å². The van der Waals surface area contributed by atoms with Crippen LogP contribution in [0, 0.1) is 0 Å². The molecule has 1 heterocycles. The van der Waals surface area contributed by atoms with Crippen molar-refractivity contribution in [1.29, 1.82) is 0 Å². The summed E-state index contributed by atoms with van der Waals surface area (Å²) >= 11 is 6.73. The Bertz CT molecular complexity index is 1350. The minimum atomic E-state index is 0. The molecule has 0 amide bonds. The summed E-state index contributed by atoms with van der Waals surface area (Å²) in [4.78, 5) is 15.6. The smallest absolute Gasteiger partial charge is 1.00 e. The molecule has 2 aromatic carbocycles. The van der Waals surface area contributed by atoms with Crippen molar-refractivity contribution >= 4 is 34.4 Å². The fourth-order valence-corrected chi connectivity index (χ4v) is 5.62. The molecule has 0 saturated carbocycles. The van der Waals surface area contributed by atoms with Crippen molar-refractivity contribution < 1.29 is 41.6 Å². The molecule has 7 heteroatoms. The van der Waals surface area contributed by atoms with Crippen LogP contribution < -0.4 is 24.8 Å². The quantitative estimate of drug-likeness (QED) is 0.213. The average Bonchev–Trinajstić information content (AvgIpc) is 2.91. The molecule has 0 aliphatic heterocycles. The van der Waals surface area contributed by atoms with Crippen molar-refractivity contribution in [2.75, 3.05) is 0 Å². The SMILES string of the molecule is CC(=Nc1c(C(C)C)cc(C(C)C)cc1C(C)C)c1cc(Cl)cc(C(C)=Nc2c(C(C)C)cc(C(C)C)cc2C(C)C)n1.[Cl-].[Cl-].[Co+2]. The van der Waals surface area contributed by atoms with Crippen LogP contribution >= 0.6 is 11.6 Å². The minimum absolute atomic E-state index is 0. The fraction of sp³-hybridized carbons (Fsp3) is 0.513. The molecule has 46 heavy (non-hydrogen) atoms. The van der Waals surface area contributed by atoms with Gasteiger partial charge in [-0.15, -0.1) is 0 Å². The number of benzene rings is 2. The van der Waals surface area contributed by atoms with Gasteiger partial charge in [-0.05, 0) is 94.9 Å². The van der Waals surface area contributed by atoms with Crippen LogP contribution in [0.2, 0.25) is 5.02 Å². The second-order valence-corrected chi connectivity index (χ2v) is 14.4. The fourth-order valence-electron chi connectivity index (χ4n) is 5.41. The topological polar surface area (TPSA) is 37.6 Å². The first kappa shape index (κ1) is 44.3. The number of nitrogens with zero attached hydrogens (tertiary/aromatic N) is 3. The van der Waals surface area contributed by atoms with Crippen LogP contribution in [-0.4, -0.2) is 16.4 Å². The molecule has 3 rings (SSSR count). The van der Waals surface area contributed by atoms with Crippen LogP contribution in [0.3, 0.4) is 0 Å². The molecule has 0 saturated heterocycles. The molecule has 0 bridgehead atoms. The number of rotatable bonds is 10. The zero-order chi connectivity index (χ0) is 32.3. The van der Waals surface area contributed by atoms with E-state index >= 15 is 0 Å². The van der Waals surface area contributed by atoms with E-state index in [1.54, 1.807) is 0 Å². The summed E-state index contributed by atoms with van der Waals surface area (Å²) in [5, 5.41) is 0.635. The number of aromatic nitrogens is 1. The van der Waals surface area contributed by atoms with E-state index in [2.05, 4.69) is 107 Å². The first-order valence-corrected chi connectivity index (χ1v) is 16.5. The molecule has 255 valence electrons. The normalized spacial score (nSPS) is 12.3. The first-order valence-electron chi connectivity index (χ1n) is 16.2. The van der Waals surface area contributed by atoms with Gasteiger partial charge < -0.3 is 24.8 Å². The van der Waals surface area contributed by atoms with Gasteiger partial charge in [0.05, 0.1) is 34.2 Å². The summed E-state index contributed by atoms with van der Waals surface area (Å²) in [5.41, 5.74) is 13.2. The molecule has 1 radical (unpaired) electrons. The average molecular weight is 730 g/mol. The zero-order valence-corrected chi connectivity index (χ0v) is 33.5. The van der Waals surface area contributed by atoms with E-state index in [0.29, 0.717) is 40.5 Å². The van der Waals surface area contributed by atoms with Gasteiger partial charge in [0.15, 0.2) is 0 Å². The number of hydrogen-bond acceptors (Lipinski definition) is 3. The minimum Gasteiger partial charge on any atom is -1.00 e. The maximum absolute atomic E-state index is 6.73. The molecule has 1 aromatic heterocycles. The Morgan fingerprint density at radius 2 is 0.761 bits per heavy atom. The molecule has 0 spiro atoms. The van der Waals surface area contributed by atoms with E-state index < -0.39 is 0 Å². The molecule has 0 fully saturated rings. The van der Waals surface area contributed by atoms with Crippen LogP contribution in [-0.2, 0) is 16.8 Å². The van der Waals surface area contributed by atoms with E-state index in [9.17, 15) is 0 Å². The molecule has 0 unspecified atom stereocenters. The van der Waals surface area contributed by atoms with Crippen molar-refractivity contribution in [2.45, 2.75) is 132 Å². The summed E-state index contributed by atoms with van der Waals surface area (Å²) in [7, 11) is 0. The predicted octanol–water partition coefficient (Wildman–Crippen LogP) is 6.76. The molecule has 3 aromatic rings. The van der Waals surface area contributed by atoms with Gasteiger partial charge in [-0.3, -0.25) is 9.98 Å². The van der Waals surface area contributed by atoms with E-state index in [-0.39, 0.29) is 41.6 Å². The third kappa shape index (κ3) is 10.7. The summed E-state index contributed by atoms with van der Waals surface area (Å²) < 4.78 is 0. The Labute approximate surface area is 308 Å². The number of hydrogen-bond donors (Lipinski definition) is 0. The van der Waals surface area contributed by atoms with Gasteiger partial charge in [-0.1, -0.05) is 119 Å². The Balaban J connectivity index is 0.00000675. The van der Waals surface area contributed by atoms with Gasteiger partial charge in [0.25, 0.3) is 0 Å². The number of pyridine rings is 1. The third-order valence-corrected chi connectivity index (χ3v) is 8.51. The Kier molecular flexibility index (Phi) is 18.1. The monoisotopic (exact) mass is 728 g/mol. The molecule has 0 aliphatic carbocycles. The molecular weight excluding hydrogens is 676 g/mol. The van der Waals surface area contributed by atoms with Crippen molar-refractivity contribution in [2.24, 2.45) is 9.98 Å². The number of halogens is 3. The van der Waals surface area contributed by atoms with Crippen LogP contribution in [0.25, 0.3) is 0 Å². The predicted molar refractivity (Wildman–Crippen MR) is 190 cm³/mol. The Hall–Kier alpha value is -1.69. The van der Waals surface area contributed by atoms with Crippen LogP contribution in [0.1, 0.15) is 177 Å². The second kappa shape index (κ2) is 18.7. The van der Waals surface area contributed by atoms with Gasteiger partial charge in [0.2, 0.25) is 0 Å². The van der Waals surface area contributed by atoms with E-state index in [1.165, 1.54) is 33.4 Å². The molecule has 0 atom stereocenters. The van der Waals surface area contributed by atoms with E-state index in [1.807, 2.05) is 26.0 Å². The molecule has 0 N–H and O–H groups in total. The summed E-state index contributed by atoms with van der Waals surface area (Å²) in [6, 6.07) is 13.2. The van der Waals surface area contributed by atoms with Crippen LogP contribution in [0.5, 0.6) is 0 Å². The zero-order valence-electron chi connectivity index (χ0n) is 30.2. The molecular formula is C39H54Cl3CoN3. The maximum Gasteiger partial charge on any atom is 2.00 e.